The van der Waals surface area contributed by atoms with Gasteiger partial charge in [0.1, 0.15) is 6.54 Å². The minimum absolute atomic E-state index is 0.0341. The molecule has 0 heterocycles. The first-order valence-electron chi connectivity index (χ1n) is 7.78. The number of quaternary nitrogens is 1. The van der Waals surface area contributed by atoms with Crippen molar-refractivity contribution >= 4 is 5.91 Å². The maximum atomic E-state index is 11.5. The summed E-state index contributed by atoms with van der Waals surface area (Å²) in [6.07, 6.45) is 10.1. The molecule has 0 aliphatic heterocycles. The lowest BCUT2D eigenvalue weighted by molar-refractivity contribution is -1.07. The molecule has 0 atom stereocenters. The maximum Gasteiger partial charge on any atom is 0.219 e. The van der Waals surface area contributed by atoms with E-state index in [1.54, 1.807) is 14.1 Å². The maximum absolute atomic E-state index is 11.5. The summed E-state index contributed by atoms with van der Waals surface area (Å²) in [6.45, 7) is 3.55. The highest BCUT2D eigenvalue weighted by Crippen LogP contribution is 2.08. The Balaban J connectivity index is 3.26. The van der Waals surface area contributed by atoms with Gasteiger partial charge in [0.25, 0.3) is 0 Å². The van der Waals surface area contributed by atoms with E-state index in [0.29, 0.717) is 19.5 Å². The Morgan fingerprint density at radius 3 is 2.16 bits per heavy atom. The summed E-state index contributed by atoms with van der Waals surface area (Å²) in [4.78, 5) is 11.5. The highest BCUT2D eigenvalue weighted by molar-refractivity contribution is 5.75. The second-order valence-electron chi connectivity index (χ2n) is 5.92. The number of carbonyl (C=O) groups excluding carboxylic acids is 1. The van der Waals surface area contributed by atoms with Gasteiger partial charge in [0, 0.05) is 19.4 Å². The fourth-order valence-corrected chi connectivity index (χ4v) is 2.02. The van der Waals surface area contributed by atoms with Crippen LogP contribution in [0.3, 0.4) is 0 Å². The van der Waals surface area contributed by atoms with Crippen LogP contribution in [0.4, 0.5) is 0 Å². The zero-order valence-electron chi connectivity index (χ0n) is 13.1. The zero-order chi connectivity index (χ0) is 14.6. The molecule has 0 spiro atoms. The molecule has 0 fully saturated rings. The van der Waals surface area contributed by atoms with E-state index in [9.17, 15) is 10.0 Å². The molecule has 0 aromatic rings. The number of amides is 1. The van der Waals surface area contributed by atoms with E-state index in [1.807, 2.05) is 0 Å². The third kappa shape index (κ3) is 15.3. The van der Waals surface area contributed by atoms with E-state index in [0.717, 1.165) is 19.3 Å². The molecule has 0 aromatic carbocycles. The number of hydrogen-bond donors (Lipinski definition) is 2. The van der Waals surface area contributed by atoms with Crippen molar-refractivity contribution < 1.29 is 14.6 Å². The molecule has 4 nitrogen and oxygen atoms in total. The smallest absolute Gasteiger partial charge is 0.219 e. The molecular formula is C15H33N2O2+. The van der Waals surface area contributed by atoms with Crippen molar-refractivity contribution in [2.24, 2.45) is 0 Å². The summed E-state index contributed by atoms with van der Waals surface area (Å²) in [5.41, 5.74) is 0. The minimum atomic E-state index is -0.0341. The summed E-state index contributed by atoms with van der Waals surface area (Å²) in [6, 6.07) is 0. The van der Waals surface area contributed by atoms with Gasteiger partial charge in [0.15, 0.2) is 0 Å². The van der Waals surface area contributed by atoms with Crippen molar-refractivity contribution in [1.82, 2.24) is 5.32 Å². The molecule has 4 heteroatoms. The summed E-state index contributed by atoms with van der Waals surface area (Å²) in [7, 11) is 3.47. The van der Waals surface area contributed by atoms with E-state index in [1.165, 1.54) is 32.1 Å². The summed E-state index contributed by atoms with van der Waals surface area (Å²) >= 11 is 0. The van der Waals surface area contributed by atoms with Crippen LogP contribution < -0.4 is 5.32 Å². The second kappa shape index (κ2) is 11.2. The standard InChI is InChI=1S/C15H32N2O2/c1-4-5-6-7-8-9-10-12-15(18)16-13-11-14-17(2,3)19/h19H,4-14H2,1-3H3/p+1. The lowest BCUT2D eigenvalue weighted by Crippen LogP contribution is -2.38. The zero-order valence-corrected chi connectivity index (χ0v) is 13.1. The molecular weight excluding hydrogens is 240 g/mol. The monoisotopic (exact) mass is 273 g/mol. The van der Waals surface area contributed by atoms with Gasteiger partial charge in [-0.25, -0.2) is 5.21 Å². The van der Waals surface area contributed by atoms with Crippen LogP contribution in [-0.2, 0) is 4.79 Å². The lowest BCUT2D eigenvalue weighted by atomic mass is 10.1. The van der Waals surface area contributed by atoms with Gasteiger partial charge in [0.05, 0.1) is 14.1 Å². The average molecular weight is 273 g/mol. The Morgan fingerprint density at radius 2 is 1.58 bits per heavy atom. The Bertz CT molecular complexity index is 225. The molecule has 0 saturated carbocycles. The first kappa shape index (κ1) is 18.4. The van der Waals surface area contributed by atoms with E-state index in [2.05, 4.69) is 12.2 Å². The lowest BCUT2D eigenvalue weighted by Gasteiger charge is -2.19. The van der Waals surface area contributed by atoms with Crippen LogP contribution in [0, 0.1) is 0 Å². The van der Waals surface area contributed by atoms with Crippen molar-refractivity contribution in [2.45, 2.75) is 64.7 Å². The first-order valence-corrected chi connectivity index (χ1v) is 7.78. The van der Waals surface area contributed by atoms with Crippen LogP contribution in [0.15, 0.2) is 0 Å². The summed E-state index contributed by atoms with van der Waals surface area (Å²) in [5, 5.41) is 12.4. The van der Waals surface area contributed by atoms with Gasteiger partial charge in [-0.2, -0.15) is 4.65 Å². The number of carbonyl (C=O) groups is 1. The van der Waals surface area contributed by atoms with Crippen LogP contribution in [0.1, 0.15) is 64.7 Å². The van der Waals surface area contributed by atoms with Crippen LogP contribution in [0.25, 0.3) is 0 Å². The van der Waals surface area contributed by atoms with Crippen molar-refractivity contribution in [2.75, 3.05) is 27.2 Å². The molecule has 0 rings (SSSR count). The number of rotatable bonds is 12. The van der Waals surface area contributed by atoms with Crippen LogP contribution in [-0.4, -0.2) is 42.9 Å². The van der Waals surface area contributed by atoms with E-state index in [-0.39, 0.29) is 10.6 Å². The second-order valence-corrected chi connectivity index (χ2v) is 5.92. The quantitative estimate of drug-likeness (QED) is 0.326. The number of hydrogen-bond acceptors (Lipinski definition) is 2. The Kier molecular flexibility index (Phi) is 10.9. The summed E-state index contributed by atoms with van der Waals surface area (Å²) < 4.78 is -0.0341. The average Bonchev–Trinajstić information content (AvgIpc) is 2.32. The van der Waals surface area contributed by atoms with Gasteiger partial charge in [0.2, 0.25) is 5.91 Å². The normalized spacial score (nSPS) is 11.6. The van der Waals surface area contributed by atoms with Crippen LogP contribution in [0.2, 0.25) is 0 Å². The number of hydroxylamine groups is 3. The number of nitrogens with one attached hydrogen (secondary N) is 1. The molecule has 0 saturated heterocycles. The molecule has 0 aliphatic carbocycles. The molecule has 0 bridgehead atoms. The topological polar surface area (TPSA) is 49.3 Å². The fraction of sp³-hybridized carbons (Fsp3) is 0.933. The Morgan fingerprint density at radius 1 is 1.00 bits per heavy atom. The largest absolute Gasteiger partial charge is 0.356 e. The minimum Gasteiger partial charge on any atom is -0.356 e. The van der Waals surface area contributed by atoms with Gasteiger partial charge in [-0.3, -0.25) is 4.79 Å². The van der Waals surface area contributed by atoms with Gasteiger partial charge < -0.3 is 5.32 Å². The molecule has 0 unspecified atom stereocenters. The van der Waals surface area contributed by atoms with Crippen molar-refractivity contribution in [3.05, 3.63) is 0 Å². The molecule has 0 radical (unpaired) electrons. The van der Waals surface area contributed by atoms with Gasteiger partial charge in [-0.1, -0.05) is 45.4 Å². The molecule has 2 N–H and O–H groups in total. The third-order valence-electron chi connectivity index (χ3n) is 3.21. The highest BCUT2D eigenvalue weighted by atomic mass is 16.5. The van der Waals surface area contributed by atoms with Crippen molar-refractivity contribution in [3.63, 3.8) is 0 Å². The van der Waals surface area contributed by atoms with Gasteiger partial charge in [-0.05, 0) is 6.42 Å². The van der Waals surface area contributed by atoms with Crippen LogP contribution in [0.5, 0.6) is 0 Å². The third-order valence-corrected chi connectivity index (χ3v) is 3.21. The molecule has 0 aliphatic rings. The highest BCUT2D eigenvalue weighted by Gasteiger charge is 2.09. The number of unbranched alkanes of at least 4 members (excludes halogenated alkanes) is 6. The Labute approximate surface area is 118 Å². The van der Waals surface area contributed by atoms with Crippen molar-refractivity contribution in [3.8, 4) is 0 Å². The van der Waals surface area contributed by atoms with E-state index in [4.69, 9.17) is 0 Å². The predicted molar refractivity (Wildman–Crippen MR) is 79.0 cm³/mol. The molecule has 114 valence electrons. The van der Waals surface area contributed by atoms with Gasteiger partial charge in [-0.15, -0.1) is 0 Å². The number of nitrogens with zero attached hydrogens (tertiary/aromatic N) is 1. The molecule has 1 amide bonds. The van der Waals surface area contributed by atoms with E-state index < -0.39 is 0 Å². The van der Waals surface area contributed by atoms with Gasteiger partial charge >= 0.3 is 0 Å². The summed E-state index contributed by atoms with van der Waals surface area (Å²) in [5.74, 6) is 0.150. The fourth-order valence-electron chi connectivity index (χ4n) is 2.02. The van der Waals surface area contributed by atoms with E-state index >= 15 is 0 Å². The SMILES string of the molecule is CCCCCCCCCC(=O)NCCC[N+](C)(C)O. The molecule has 19 heavy (non-hydrogen) atoms. The molecule has 0 aromatic heterocycles. The Hall–Kier alpha value is -0.610. The predicted octanol–water partition coefficient (Wildman–Crippen LogP) is 3.10. The van der Waals surface area contributed by atoms with Crippen LogP contribution >= 0.6 is 0 Å². The van der Waals surface area contributed by atoms with Crippen molar-refractivity contribution in [1.29, 1.82) is 0 Å². The first-order chi connectivity index (χ1) is 8.95.